The van der Waals surface area contributed by atoms with Gasteiger partial charge >= 0.3 is 6.09 Å². The van der Waals surface area contributed by atoms with Crippen molar-refractivity contribution in [1.82, 2.24) is 19.9 Å². The van der Waals surface area contributed by atoms with Crippen LogP contribution in [0.15, 0.2) is 18.5 Å². The smallest absolute Gasteiger partial charge is 0.407 e. The molecule has 0 aliphatic heterocycles. The first kappa shape index (κ1) is 21.2. The molecule has 0 bridgehead atoms. The van der Waals surface area contributed by atoms with Crippen LogP contribution in [0.1, 0.15) is 47.2 Å². The highest BCUT2D eigenvalue weighted by Gasteiger charge is 2.16. The van der Waals surface area contributed by atoms with E-state index in [0.29, 0.717) is 16.4 Å². The summed E-state index contributed by atoms with van der Waals surface area (Å²) < 4.78 is 11.7. The number of methoxy groups -OCH3 is 1. The molecule has 0 aliphatic rings. The number of fused-ring (bicyclic) bond motifs is 1. The lowest BCUT2D eigenvalue weighted by Gasteiger charge is -2.19. The largest absolute Gasteiger partial charge is 0.444 e. The van der Waals surface area contributed by atoms with E-state index in [-0.39, 0.29) is 12.1 Å². The number of imidazole rings is 1. The van der Waals surface area contributed by atoms with Crippen molar-refractivity contribution in [1.29, 1.82) is 0 Å². The highest BCUT2D eigenvalue weighted by molar-refractivity contribution is 6.30. The molecule has 140 valence electrons. The van der Waals surface area contributed by atoms with Gasteiger partial charge in [-0.3, -0.25) is 0 Å². The van der Waals surface area contributed by atoms with Gasteiger partial charge in [0.15, 0.2) is 5.65 Å². The second-order valence-electron chi connectivity index (χ2n) is 7.38. The van der Waals surface area contributed by atoms with Crippen molar-refractivity contribution in [2.45, 2.75) is 59.3 Å². The normalized spacial score (nSPS) is 11.7. The molecule has 2 heterocycles. The van der Waals surface area contributed by atoms with Gasteiger partial charge in [-0.2, -0.15) is 5.10 Å². The Kier molecular flexibility index (Phi) is 7.19. The third-order valence-corrected chi connectivity index (χ3v) is 2.97. The molecule has 0 fully saturated rings. The molecular formula is C17H27ClN4O3. The lowest BCUT2D eigenvalue weighted by molar-refractivity contribution is 0.0397. The minimum atomic E-state index is -0.516. The highest BCUT2D eigenvalue weighted by atomic mass is 35.5. The fourth-order valence-electron chi connectivity index (χ4n) is 1.47. The summed E-state index contributed by atoms with van der Waals surface area (Å²) in [6.45, 7) is 11.8. The van der Waals surface area contributed by atoms with E-state index in [1.807, 2.05) is 41.5 Å². The molecule has 0 saturated carbocycles. The predicted molar refractivity (Wildman–Crippen MR) is 97.8 cm³/mol. The second kappa shape index (κ2) is 8.49. The Bertz CT molecular complexity index is 702. The third kappa shape index (κ3) is 8.69. The number of hydrogen-bond acceptors (Lipinski definition) is 5. The summed E-state index contributed by atoms with van der Waals surface area (Å²) in [6, 6.07) is 1.70. The molecule has 2 aromatic rings. The Balaban J connectivity index is 0.000000450. The predicted octanol–water partition coefficient (Wildman–Crippen LogP) is 3.84. The van der Waals surface area contributed by atoms with Crippen molar-refractivity contribution < 1.29 is 14.3 Å². The Hall–Kier alpha value is -1.86. The Morgan fingerprint density at radius 3 is 2.36 bits per heavy atom. The molecule has 0 aromatic carbocycles. The lowest BCUT2D eigenvalue weighted by Crippen LogP contribution is -2.32. The molecule has 0 radical (unpaired) electrons. The minimum Gasteiger partial charge on any atom is -0.444 e. The van der Waals surface area contributed by atoms with Crippen LogP contribution >= 0.6 is 11.6 Å². The lowest BCUT2D eigenvalue weighted by atomic mass is 10.2. The Morgan fingerprint density at radius 2 is 1.84 bits per heavy atom. The molecule has 1 amide bonds. The summed E-state index contributed by atoms with van der Waals surface area (Å²) in [7, 11) is 1.71. The van der Waals surface area contributed by atoms with E-state index >= 15 is 0 Å². The van der Waals surface area contributed by atoms with E-state index in [1.54, 1.807) is 23.9 Å². The molecule has 0 saturated heterocycles. The van der Waals surface area contributed by atoms with Crippen LogP contribution in [0.5, 0.6) is 0 Å². The number of carbonyl (C=O) groups is 1. The number of rotatable bonds is 2. The molecule has 0 aliphatic carbocycles. The van der Waals surface area contributed by atoms with Crippen LogP contribution in [0.3, 0.4) is 0 Å². The second-order valence-corrected chi connectivity index (χ2v) is 7.82. The van der Waals surface area contributed by atoms with E-state index in [4.69, 9.17) is 21.1 Å². The zero-order chi connectivity index (χ0) is 19.3. The van der Waals surface area contributed by atoms with Crippen LogP contribution in [0, 0.1) is 0 Å². The number of halogens is 1. The molecule has 7 nitrogen and oxygen atoms in total. The first-order valence-electron chi connectivity index (χ1n) is 7.91. The van der Waals surface area contributed by atoms with Crippen molar-refractivity contribution in [2.75, 3.05) is 7.11 Å². The quantitative estimate of drug-likeness (QED) is 0.868. The molecule has 1 N–H and O–H groups in total. The first-order valence-corrected chi connectivity index (χ1v) is 8.29. The van der Waals surface area contributed by atoms with Crippen molar-refractivity contribution in [2.24, 2.45) is 0 Å². The van der Waals surface area contributed by atoms with Crippen LogP contribution < -0.4 is 5.32 Å². The summed E-state index contributed by atoms with van der Waals surface area (Å²) >= 11 is 5.82. The number of alkyl carbamates (subject to hydrolysis) is 1. The van der Waals surface area contributed by atoms with Crippen LogP contribution in [0.4, 0.5) is 4.79 Å². The van der Waals surface area contributed by atoms with Gasteiger partial charge in [0, 0.05) is 13.2 Å². The number of hydrogen-bond donors (Lipinski definition) is 1. The van der Waals surface area contributed by atoms with Gasteiger partial charge < -0.3 is 14.8 Å². The topological polar surface area (TPSA) is 77.8 Å². The molecule has 2 aromatic heterocycles. The van der Waals surface area contributed by atoms with Gasteiger partial charge in [0.2, 0.25) is 0 Å². The average Bonchev–Trinajstić information content (AvgIpc) is 2.85. The summed E-state index contributed by atoms with van der Waals surface area (Å²) in [6.07, 6.45) is 2.78. The molecular weight excluding hydrogens is 344 g/mol. The van der Waals surface area contributed by atoms with Gasteiger partial charge in [-0.15, -0.1) is 0 Å². The van der Waals surface area contributed by atoms with E-state index in [9.17, 15) is 4.79 Å². The van der Waals surface area contributed by atoms with Crippen LogP contribution in [0.2, 0.25) is 5.02 Å². The van der Waals surface area contributed by atoms with Crippen molar-refractivity contribution in [3.63, 3.8) is 0 Å². The maximum atomic E-state index is 11.5. The third-order valence-electron chi connectivity index (χ3n) is 2.76. The number of aromatic nitrogens is 3. The highest BCUT2D eigenvalue weighted by Crippen LogP contribution is 2.11. The SMILES string of the molecule is CC(C)(C)OC(=O)NCc1cn2ncc(Cl)cc2n1.COC(C)(C)C. The van der Waals surface area contributed by atoms with Crippen molar-refractivity contribution in [3.8, 4) is 0 Å². The van der Waals surface area contributed by atoms with Gasteiger partial charge in [0.1, 0.15) is 5.60 Å². The van der Waals surface area contributed by atoms with E-state index < -0.39 is 11.7 Å². The van der Waals surface area contributed by atoms with Crippen molar-refractivity contribution in [3.05, 3.63) is 29.2 Å². The van der Waals surface area contributed by atoms with Gasteiger partial charge in [-0.1, -0.05) is 11.6 Å². The zero-order valence-corrected chi connectivity index (χ0v) is 16.6. The Morgan fingerprint density at radius 1 is 1.24 bits per heavy atom. The van der Waals surface area contributed by atoms with Crippen LogP contribution in [-0.4, -0.2) is 39.0 Å². The molecule has 0 spiro atoms. The Labute approximate surface area is 153 Å². The molecule has 25 heavy (non-hydrogen) atoms. The zero-order valence-electron chi connectivity index (χ0n) is 15.9. The van der Waals surface area contributed by atoms with Gasteiger partial charge in [-0.05, 0) is 41.5 Å². The van der Waals surface area contributed by atoms with Crippen LogP contribution in [-0.2, 0) is 16.0 Å². The fraction of sp³-hybridized carbons (Fsp3) is 0.588. The van der Waals surface area contributed by atoms with E-state index in [1.165, 1.54) is 6.20 Å². The van der Waals surface area contributed by atoms with Crippen molar-refractivity contribution >= 4 is 23.3 Å². The van der Waals surface area contributed by atoms with E-state index in [0.717, 1.165) is 0 Å². The standard InChI is InChI=1S/C12H15ClN4O2.C5H12O/c1-12(2,3)19-11(18)14-6-9-7-17-10(16-9)4-8(13)5-15-17;1-5(2,3)6-4/h4-5,7H,6H2,1-3H3,(H,14,18);1-4H3. The number of amides is 1. The average molecular weight is 371 g/mol. The van der Waals surface area contributed by atoms with Crippen LogP contribution in [0.25, 0.3) is 5.65 Å². The van der Waals surface area contributed by atoms with E-state index in [2.05, 4.69) is 15.4 Å². The van der Waals surface area contributed by atoms with Gasteiger partial charge in [0.05, 0.1) is 35.3 Å². The summed E-state index contributed by atoms with van der Waals surface area (Å²) in [5.41, 5.74) is 0.840. The fourth-order valence-corrected chi connectivity index (χ4v) is 1.61. The van der Waals surface area contributed by atoms with Gasteiger partial charge in [-0.25, -0.2) is 14.3 Å². The summed E-state index contributed by atoms with van der Waals surface area (Å²) in [5, 5.41) is 7.22. The summed E-state index contributed by atoms with van der Waals surface area (Å²) in [4.78, 5) is 15.8. The number of nitrogens with one attached hydrogen (secondary N) is 1. The number of nitrogens with zero attached hydrogens (tertiary/aromatic N) is 3. The molecule has 2 rings (SSSR count). The maximum Gasteiger partial charge on any atom is 0.407 e. The molecule has 0 atom stereocenters. The number of ether oxygens (including phenoxy) is 2. The molecule has 8 heteroatoms. The monoisotopic (exact) mass is 370 g/mol. The van der Waals surface area contributed by atoms with Gasteiger partial charge in [0.25, 0.3) is 0 Å². The number of carbonyl (C=O) groups excluding carboxylic acids is 1. The minimum absolute atomic E-state index is 0.0417. The molecule has 0 unspecified atom stereocenters. The first-order chi connectivity index (χ1) is 11.4. The maximum absolute atomic E-state index is 11.5. The summed E-state index contributed by atoms with van der Waals surface area (Å²) in [5.74, 6) is 0.